The Bertz CT molecular complexity index is 1300. The van der Waals surface area contributed by atoms with E-state index in [1.165, 1.54) is 13.2 Å². The van der Waals surface area contributed by atoms with Crippen molar-refractivity contribution in [2.75, 3.05) is 13.7 Å². The van der Waals surface area contributed by atoms with Crippen LogP contribution in [0.1, 0.15) is 51.5 Å². The molecule has 0 aliphatic carbocycles. The molecule has 0 aliphatic rings. The second-order valence-corrected chi connectivity index (χ2v) is 10.1. The molecule has 1 amide bonds. The molecule has 1 heterocycles. The van der Waals surface area contributed by atoms with Crippen LogP contribution in [-0.2, 0) is 9.53 Å². The van der Waals surface area contributed by atoms with E-state index in [2.05, 4.69) is 10.5 Å². The van der Waals surface area contributed by atoms with Crippen molar-refractivity contribution in [3.63, 3.8) is 0 Å². The van der Waals surface area contributed by atoms with Gasteiger partial charge in [0.25, 0.3) is 5.91 Å². The number of hydrogen-bond donors (Lipinski definition) is 3. The van der Waals surface area contributed by atoms with E-state index in [4.69, 9.17) is 25.6 Å². The Morgan fingerprint density at radius 3 is 2.32 bits per heavy atom. The number of nitrogens with one attached hydrogen (secondary N) is 1. The number of phenols is 2. The van der Waals surface area contributed by atoms with E-state index >= 15 is 0 Å². The monoisotopic (exact) mass is 530 g/mol. The van der Waals surface area contributed by atoms with Gasteiger partial charge in [-0.25, -0.2) is 0 Å². The molecule has 0 saturated carbocycles. The molecule has 198 valence electrons. The zero-order valence-corrected chi connectivity index (χ0v) is 22.4. The highest BCUT2D eigenvalue weighted by Gasteiger charge is 2.41. The predicted octanol–water partition coefficient (Wildman–Crippen LogP) is 5.57. The number of halogens is 1. The van der Waals surface area contributed by atoms with Crippen molar-refractivity contribution in [3.8, 4) is 39.7 Å². The molecule has 0 aliphatic heterocycles. The molecule has 1 aromatic heterocycles. The summed E-state index contributed by atoms with van der Waals surface area (Å²) in [6.07, 6.45) is 0.0867. The Hall–Kier alpha value is -3.72. The summed E-state index contributed by atoms with van der Waals surface area (Å²) >= 11 is 6.09. The summed E-state index contributed by atoms with van der Waals surface area (Å²) in [5.74, 6) is -0.847. The number of rotatable bonds is 9. The summed E-state index contributed by atoms with van der Waals surface area (Å²) in [7, 11) is 1.54. The van der Waals surface area contributed by atoms with E-state index < -0.39 is 16.9 Å². The second kappa shape index (κ2) is 10.7. The summed E-state index contributed by atoms with van der Waals surface area (Å²) in [6.45, 7) is 9.34. The van der Waals surface area contributed by atoms with Crippen LogP contribution in [0.5, 0.6) is 17.2 Å². The highest BCUT2D eigenvalue weighted by molar-refractivity contribution is 6.32. The largest absolute Gasteiger partial charge is 0.507 e. The van der Waals surface area contributed by atoms with E-state index in [9.17, 15) is 19.8 Å². The number of ether oxygens (including phenoxy) is 2. The van der Waals surface area contributed by atoms with Gasteiger partial charge in [0.1, 0.15) is 17.2 Å². The van der Waals surface area contributed by atoms with Gasteiger partial charge in [0.15, 0.2) is 11.5 Å². The first-order valence-corrected chi connectivity index (χ1v) is 12.0. The minimum absolute atomic E-state index is 0.0160. The van der Waals surface area contributed by atoms with Gasteiger partial charge in [0.2, 0.25) is 0 Å². The minimum atomic E-state index is -0.864. The number of amides is 1. The minimum Gasteiger partial charge on any atom is -0.507 e. The van der Waals surface area contributed by atoms with Gasteiger partial charge in [-0.05, 0) is 49.9 Å². The number of carbonyl (C=O) groups is 2. The maximum absolute atomic E-state index is 13.6. The van der Waals surface area contributed by atoms with Crippen molar-refractivity contribution in [3.05, 3.63) is 47.1 Å². The molecule has 0 saturated heterocycles. The fraction of sp³-hybridized carbons (Fsp3) is 0.370. The van der Waals surface area contributed by atoms with Crippen molar-refractivity contribution in [2.24, 2.45) is 5.41 Å². The molecule has 0 atom stereocenters. The third-order valence-electron chi connectivity index (χ3n) is 6.61. The van der Waals surface area contributed by atoms with Crippen LogP contribution in [0.4, 0.5) is 0 Å². The number of methoxy groups -OCH3 is 1. The quantitative estimate of drug-likeness (QED) is 0.306. The molecule has 3 N–H and O–H groups in total. The van der Waals surface area contributed by atoms with Gasteiger partial charge in [0.05, 0.1) is 36.3 Å². The third kappa shape index (κ3) is 5.83. The van der Waals surface area contributed by atoms with E-state index in [-0.39, 0.29) is 52.5 Å². The van der Waals surface area contributed by atoms with Gasteiger partial charge >= 0.3 is 5.97 Å². The molecule has 10 heteroatoms. The number of aromatic nitrogens is 1. The van der Waals surface area contributed by atoms with Gasteiger partial charge < -0.3 is 29.5 Å². The molecule has 0 unspecified atom stereocenters. The number of hydrogen-bond acceptors (Lipinski definition) is 8. The van der Waals surface area contributed by atoms with Crippen molar-refractivity contribution in [1.29, 1.82) is 0 Å². The number of phenolic OH excluding ortho intramolecular Hbond substituents is 2. The smallest absolute Gasteiger partial charge is 0.306 e. The Balaban J connectivity index is 2.08. The average Bonchev–Trinajstić information content (AvgIpc) is 3.26. The lowest BCUT2D eigenvalue weighted by Gasteiger charge is -2.41. The second-order valence-electron chi connectivity index (χ2n) is 9.73. The maximum Gasteiger partial charge on any atom is 0.306 e. The Morgan fingerprint density at radius 1 is 1.08 bits per heavy atom. The van der Waals surface area contributed by atoms with Crippen molar-refractivity contribution >= 4 is 23.5 Å². The lowest BCUT2D eigenvalue weighted by molar-refractivity contribution is -0.146. The first-order chi connectivity index (χ1) is 17.3. The zero-order chi connectivity index (χ0) is 27.5. The fourth-order valence-corrected chi connectivity index (χ4v) is 3.86. The van der Waals surface area contributed by atoms with Gasteiger partial charge in [-0.1, -0.05) is 42.7 Å². The molecular formula is C27H31ClN2O7. The molecule has 0 spiro atoms. The van der Waals surface area contributed by atoms with E-state index in [1.807, 2.05) is 27.7 Å². The molecule has 2 aromatic carbocycles. The van der Waals surface area contributed by atoms with Crippen LogP contribution in [0.25, 0.3) is 22.5 Å². The SMILES string of the molecule is CCOC(=O)CC(C)(C)C(C)(C)NC(=O)c1noc(-c2cc(Cl)c(O)cc2O)c1-c1ccc(OC)cc1. The number of benzene rings is 2. The Kier molecular flexibility index (Phi) is 8.07. The first-order valence-electron chi connectivity index (χ1n) is 11.7. The van der Waals surface area contributed by atoms with Crippen LogP contribution < -0.4 is 10.1 Å². The normalized spacial score (nSPS) is 11.8. The number of nitrogens with zero attached hydrogens (tertiary/aromatic N) is 1. The maximum atomic E-state index is 13.6. The van der Waals surface area contributed by atoms with Crippen molar-refractivity contribution in [2.45, 2.75) is 46.6 Å². The molecule has 37 heavy (non-hydrogen) atoms. The van der Waals surface area contributed by atoms with Crippen molar-refractivity contribution < 1.29 is 33.8 Å². The summed E-state index contributed by atoms with van der Waals surface area (Å²) in [5.41, 5.74) is -0.571. The summed E-state index contributed by atoms with van der Waals surface area (Å²) in [6, 6.07) is 9.28. The summed E-state index contributed by atoms with van der Waals surface area (Å²) < 4.78 is 15.9. The molecule has 3 rings (SSSR count). The number of carbonyl (C=O) groups excluding carboxylic acids is 2. The van der Waals surface area contributed by atoms with Crippen LogP contribution in [0.15, 0.2) is 40.9 Å². The van der Waals surface area contributed by atoms with Crippen LogP contribution in [0.3, 0.4) is 0 Å². The van der Waals surface area contributed by atoms with Gasteiger partial charge in [-0.15, -0.1) is 0 Å². The topological polar surface area (TPSA) is 131 Å². The molecule has 3 aromatic rings. The Labute approximate surface area is 220 Å². The summed E-state index contributed by atoms with van der Waals surface area (Å²) in [4.78, 5) is 25.8. The van der Waals surface area contributed by atoms with Crippen LogP contribution >= 0.6 is 11.6 Å². The highest BCUT2D eigenvalue weighted by Crippen LogP contribution is 2.43. The molecular weight excluding hydrogens is 500 g/mol. The van der Waals surface area contributed by atoms with E-state index in [0.717, 1.165) is 6.07 Å². The van der Waals surface area contributed by atoms with Crippen LogP contribution in [-0.4, -0.2) is 46.5 Å². The molecule has 0 radical (unpaired) electrons. The number of aromatic hydroxyl groups is 2. The molecule has 0 bridgehead atoms. The summed E-state index contributed by atoms with van der Waals surface area (Å²) in [5, 5.41) is 27.4. The van der Waals surface area contributed by atoms with Crippen LogP contribution in [0.2, 0.25) is 5.02 Å². The lowest BCUT2D eigenvalue weighted by Crippen LogP contribution is -2.54. The van der Waals surface area contributed by atoms with Gasteiger partial charge in [0, 0.05) is 11.6 Å². The molecule has 0 fully saturated rings. The standard InChI is InChI=1S/C27H31ClN2O7/c1-7-36-21(33)14-26(2,3)27(4,5)29-25(34)23-22(15-8-10-16(35-6)11-9-15)24(37-30-23)17-12-18(28)20(32)13-19(17)31/h8-13,31-32H,7,14H2,1-6H3,(H,29,34). The van der Waals surface area contributed by atoms with E-state index in [0.29, 0.717) is 16.9 Å². The predicted molar refractivity (Wildman–Crippen MR) is 139 cm³/mol. The van der Waals surface area contributed by atoms with Gasteiger partial charge in [-0.3, -0.25) is 9.59 Å². The fourth-order valence-electron chi connectivity index (χ4n) is 3.69. The number of esters is 1. The molecule has 9 nitrogen and oxygen atoms in total. The Morgan fingerprint density at radius 2 is 1.73 bits per heavy atom. The van der Waals surface area contributed by atoms with Crippen LogP contribution in [0, 0.1) is 5.41 Å². The lowest BCUT2D eigenvalue weighted by atomic mass is 9.72. The third-order valence-corrected chi connectivity index (χ3v) is 6.91. The average molecular weight is 531 g/mol. The first kappa shape index (κ1) is 27.9. The van der Waals surface area contributed by atoms with Crippen molar-refractivity contribution in [1.82, 2.24) is 10.5 Å². The van der Waals surface area contributed by atoms with E-state index in [1.54, 1.807) is 31.2 Å². The zero-order valence-electron chi connectivity index (χ0n) is 21.6. The van der Waals surface area contributed by atoms with Gasteiger partial charge in [-0.2, -0.15) is 0 Å². The highest BCUT2D eigenvalue weighted by atomic mass is 35.5.